The first-order valence-corrected chi connectivity index (χ1v) is 15.5. The fraction of sp³-hybridized carbons (Fsp3) is 0.640. The molecule has 186 valence electrons. The maximum atomic E-state index is 15.3. The Bertz CT molecular complexity index is 962. The Labute approximate surface area is 202 Å². The van der Waals surface area contributed by atoms with Crippen LogP contribution in [-0.2, 0) is 28.9 Å². The number of anilines is 1. The molecule has 9 heteroatoms. The highest BCUT2D eigenvalue weighted by Gasteiger charge is 2.50. The molecule has 0 unspecified atom stereocenters. The van der Waals surface area contributed by atoms with Crippen LogP contribution in [0.1, 0.15) is 43.9 Å². The Morgan fingerprint density at radius 2 is 1.94 bits per heavy atom. The van der Waals surface area contributed by atoms with Crippen molar-refractivity contribution in [2.24, 2.45) is 5.92 Å². The van der Waals surface area contributed by atoms with E-state index in [1.807, 2.05) is 23.2 Å². The Hall–Kier alpha value is -2.10. The minimum atomic E-state index is -2.92. The summed E-state index contributed by atoms with van der Waals surface area (Å²) in [7, 11) is -2.92. The standard InChI is InChI=1S/C25H37FN4O3Si/c1-18-22(11-8-19-6-9-21(10-7-19)30-14-4-5-24(30)32)33-23(25(18)34(2,3)26)12-15-29-17-20(13-16-31)27-28-29/h6-7,9-10,17-18,22-23,25,31H,4-5,8,11-16H2,1-3H3/t18-,22+,23-,25+/m1/s1. The van der Waals surface area contributed by atoms with Gasteiger partial charge < -0.3 is 18.9 Å². The van der Waals surface area contributed by atoms with E-state index in [9.17, 15) is 4.79 Å². The van der Waals surface area contributed by atoms with Crippen molar-refractivity contribution >= 4 is 20.0 Å². The molecule has 7 nitrogen and oxygen atoms in total. The topological polar surface area (TPSA) is 80.5 Å². The van der Waals surface area contributed by atoms with Gasteiger partial charge in [-0.15, -0.1) is 5.10 Å². The number of carbonyl (C=O) groups excluding carboxylic acids is 1. The third kappa shape index (κ3) is 5.75. The minimum Gasteiger partial charge on any atom is -0.396 e. The van der Waals surface area contributed by atoms with Gasteiger partial charge in [-0.3, -0.25) is 9.48 Å². The molecule has 1 aromatic carbocycles. The number of aryl methyl sites for hydroxylation is 2. The number of ether oxygens (including phenoxy) is 1. The SMILES string of the molecule is C[C@H]1[C@H]([Si](C)(C)F)[C@@H](CCn2cc(CCO)nn2)O[C@H]1CCc1ccc(N2CCCC2=O)cc1. The molecule has 3 heterocycles. The molecular weight excluding hydrogens is 451 g/mol. The summed E-state index contributed by atoms with van der Waals surface area (Å²) in [6.07, 6.45) is 6.21. The largest absolute Gasteiger partial charge is 0.396 e. The number of aliphatic hydroxyl groups is 1. The smallest absolute Gasteiger partial charge is 0.246 e. The molecule has 4 atom stereocenters. The van der Waals surface area contributed by atoms with Crippen molar-refractivity contribution in [3.8, 4) is 0 Å². The molecule has 0 radical (unpaired) electrons. The van der Waals surface area contributed by atoms with Crippen LogP contribution >= 0.6 is 0 Å². The van der Waals surface area contributed by atoms with E-state index < -0.39 is 8.41 Å². The molecule has 2 aliphatic heterocycles. The summed E-state index contributed by atoms with van der Waals surface area (Å²) in [5.74, 6) is 0.366. The minimum absolute atomic E-state index is 0.0260. The van der Waals surface area contributed by atoms with Gasteiger partial charge in [0.25, 0.3) is 0 Å². The van der Waals surface area contributed by atoms with Crippen LogP contribution < -0.4 is 4.90 Å². The molecule has 2 saturated heterocycles. The number of nitrogens with zero attached hydrogens (tertiary/aromatic N) is 4. The second kappa shape index (κ2) is 10.7. The fourth-order valence-corrected chi connectivity index (χ4v) is 8.25. The lowest BCUT2D eigenvalue weighted by molar-refractivity contribution is -0.117. The fourth-order valence-electron chi connectivity index (χ4n) is 5.66. The van der Waals surface area contributed by atoms with Gasteiger partial charge in [-0.2, -0.15) is 0 Å². The molecule has 34 heavy (non-hydrogen) atoms. The number of hydrogen-bond donors (Lipinski definition) is 1. The number of benzene rings is 1. The number of aromatic nitrogens is 3. The highest BCUT2D eigenvalue weighted by Crippen LogP contribution is 2.47. The van der Waals surface area contributed by atoms with E-state index >= 15 is 4.11 Å². The van der Waals surface area contributed by atoms with Crippen LogP contribution in [0.3, 0.4) is 0 Å². The predicted molar refractivity (Wildman–Crippen MR) is 132 cm³/mol. The average Bonchev–Trinajstić information content (AvgIpc) is 3.50. The lowest BCUT2D eigenvalue weighted by Gasteiger charge is -2.28. The highest BCUT2D eigenvalue weighted by molar-refractivity contribution is 6.72. The van der Waals surface area contributed by atoms with E-state index in [0.29, 0.717) is 25.8 Å². The molecule has 1 amide bonds. The number of aliphatic hydroxyl groups excluding tert-OH is 1. The molecule has 2 aliphatic rings. The quantitative estimate of drug-likeness (QED) is 0.405. The van der Waals surface area contributed by atoms with Crippen molar-refractivity contribution in [1.29, 1.82) is 0 Å². The van der Waals surface area contributed by atoms with Crippen molar-refractivity contribution in [1.82, 2.24) is 15.0 Å². The van der Waals surface area contributed by atoms with Crippen LogP contribution in [0.4, 0.5) is 9.80 Å². The van der Waals surface area contributed by atoms with Crippen LogP contribution in [0, 0.1) is 5.92 Å². The zero-order valence-corrected chi connectivity index (χ0v) is 21.5. The molecule has 0 bridgehead atoms. The molecule has 2 fully saturated rings. The van der Waals surface area contributed by atoms with Crippen molar-refractivity contribution in [3.63, 3.8) is 0 Å². The molecule has 4 rings (SSSR count). The first kappa shape index (κ1) is 25.0. The van der Waals surface area contributed by atoms with Gasteiger partial charge in [0.05, 0.1) is 17.9 Å². The van der Waals surface area contributed by atoms with Gasteiger partial charge in [-0.05, 0) is 62.4 Å². The van der Waals surface area contributed by atoms with Crippen molar-refractivity contribution in [3.05, 3.63) is 41.7 Å². The summed E-state index contributed by atoms with van der Waals surface area (Å²) >= 11 is 0. The molecule has 0 spiro atoms. The van der Waals surface area contributed by atoms with Crippen LogP contribution in [0.2, 0.25) is 18.6 Å². The molecule has 1 aromatic heterocycles. The van der Waals surface area contributed by atoms with Gasteiger partial charge in [0, 0.05) is 50.0 Å². The van der Waals surface area contributed by atoms with Gasteiger partial charge >= 0.3 is 0 Å². The van der Waals surface area contributed by atoms with Gasteiger partial charge in [-0.1, -0.05) is 24.3 Å². The van der Waals surface area contributed by atoms with E-state index in [4.69, 9.17) is 9.84 Å². The number of rotatable bonds is 10. The first-order chi connectivity index (χ1) is 16.3. The van der Waals surface area contributed by atoms with Crippen molar-refractivity contribution in [2.45, 2.75) is 82.8 Å². The van der Waals surface area contributed by atoms with E-state index in [-0.39, 0.29) is 36.2 Å². The third-order valence-corrected chi connectivity index (χ3v) is 9.81. The second-order valence-electron chi connectivity index (χ2n) is 10.3. The Morgan fingerprint density at radius 1 is 1.18 bits per heavy atom. The van der Waals surface area contributed by atoms with E-state index in [1.165, 1.54) is 5.56 Å². The molecule has 1 N–H and O–H groups in total. The zero-order valence-electron chi connectivity index (χ0n) is 20.5. The van der Waals surface area contributed by atoms with Gasteiger partial charge in [0.1, 0.15) is 0 Å². The predicted octanol–water partition coefficient (Wildman–Crippen LogP) is 3.91. The average molecular weight is 489 g/mol. The third-order valence-electron chi connectivity index (χ3n) is 7.33. The van der Waals surface area contributed by atoms with E-state index in [2.05, 4.69) is 29.4 Å². The molecule has 0 saturated carbocycles. The van der Waals surface area contributed by atoms with Crippen molar-refractivity contribution in [2.75, 3.05) is 18.1 Å². The summed E-state index contributed by atoms with van der Waals surface area (Å²) in [6, 6.07) is 8.25. The summed E-state index contributed by atoms with van der Waals surface area (Å²) in [5, 5.41) is 17.3. The summed E-state index contributed by atoms with van der Waals surface area (Å²) in [5.41, 5.74) is 2.89. The highest BCUT2D eigenvalue weighted by atomic mass is 28.4. The molecule has 2 aromatic rings. The van der Waals surface area contributed by atoms with Crippen LogP contribution in [0.25, 0.3) is 0 Å². The van der Waals surface area contributed by atoms with Crippen LogP contribution in [0.5, 0.6) is 0 Å². The van der Waals surface area contributed by atoms with E-state index in [0.717, 1.165) is 37.2 Å². The summed E-state index contributed by atoms with van der Waals surface area (Å²) in [4.78, 5) is 13.8. The Balaban J connectivity index is 1.35. The normalized spacial score (nSPS) is 25.4. The number of hydrogen-bond acceptors (Lipinski definition) is 5. The maximum absolute atomic E-state index is 15.3. The molecule has 0 aliphatic carbocycles. The van der Waals surface area contributed by atoms with Gasteiger partial charge in [0.15, 0.2) is 0 Å². The first-order valence-electron chi connectivity index (χ1n) is 12.5. The Morgan fingerprint density at radius 3 is 2.59 bits per heavy atom. The van der Waals surface area contributed by atoms with Crippen molar-refractivity contribution < 1.29 is 18.7 Å². The number of amides is 1. The summed E-state index contributed by atoms with van der Waals surface area (Å²) < 4.78 is 23.6. The second-order valence-corrected chi connectivity index (χ2v) is 14.0. The lowest BCUT2D eigenvalue weighted by atomic mass is 9.95. The summed E-state index contributed by atoms with van der Waals surface area (Å²) in [6.45, 7) is 7.20. The molecular formula is C25H37FN4O3Si. The van der Waals surface area contributed by atoms with Gasteiger partial charge in [-0.25, -0.2) is 0 Å². The monoisotopic (exact) mass is 488 g/mol. The van der Waals surface area contributed by atoms with E-state index in [1.54, 1.807) is 17.8 Å². The zero-order chi connectivity index (χ0) is 24.3. The lowest BCUT2D eigenvalue weighted by Crippen LogP contribution is -2.36. The number of halogens is 1. The van der Waals surface area contributed by atoms with Gasteiger partial charge in [0.2, 0.25) is 14.3 Å². The Kier molecular flexibility index (Phi) is 7.84. The maximum Gasteiger partial charge on any atom is 0.246 e. The number of carbonyl (C=O) groups is 1. The van der Waals surface area contributed by atoms with Crippen LogP contribution in [0.15, 0.2) is 30.5 Å². The van der Waals surface area contributed by atoms with Crippen LogP contribution in [-0.4, -0.2) is 59.8 Å².